The van der Waals surface area contributed by atoms with E-state index in [1.54, 1.807) is 0 Å². The monoisotopic (exact) mass is 389 g/mol. The summed E-state index contributed by atoms with van der Waals surface area (Å²) in [6, 6.07) is 0. The van der Waals surface area contributed by atoms with Crippen molar-refractivity contribution < 1.29 is 22.8 Å². The van der Waals surface area contributed by atoms with Gasteiger partial charge in [-0.1, -0.05) is 18.3 Å². The van der Waals surface area contributed by atoms with Crippen molar-refractivity contribution in [2.24, 2.45) is 5.92 Å². The van der Waals surface area contributed by atoms with Crippen LogP contribution in [0.4, 0.5) is 18.3 Å². The standard InChI is InChI=1S/C13H14F3N7O2S/c1-2-8-20-22-12(26-8)23-5-6(3-9(23)24)10(25)17-4-7-18-11(21-19-7)13(14,15)16/h6H,2-5H2,1H3,(H,17,25)(H,18,19,21). The molecule has 1 aliphatic rings. The number of alkyl halides is 3. The zero-order valence-electron chi connectivity index (χ0n) is 13.5. The van der Waals surface area contributed by atoms with E-state index in [0.717, 1.165) is 5.01 Å². The molecule has 13 heteroatoms. The van der Waals surface area contributed by atoms with E-state index in [0.29, 0.717) is 11.6 Å². The average molecular weight is 389 g/mol. The second-order valence-electron chi connectivity index (χ2n) is 5.56. The molecular weight excluding hydrogens is 375 g/mol. The predicted molar refractivity (Wildman–Crippen MR) is 83.0 cm³/mol. The first-order valence-electron chi connectivity index (χ1n) is 7.67. The summed E-state index contributed by atoms with van der Waals surface area (Å²) in [5.41, 5.74) is 0. The lowest BCUT2D eigenvalue weighted by atomic mass is 10.1. The number of carbonyl (C=O) groups is 2. The lowest BCUT2D eigenvalue weighted by Crippen LogP contribution is -2.32. The van der Waals surface area contributed by atoms with Crippen LogP contribution in [-0.4, -0.2) is 43.7 Å². The Morgan fingerprint density at radius 3 is 2.81 bits per heavy atom. The van der Waals surface area contributed by atoms with Crippen LogP contribution in [0.5, 0.6) is 0 Å². The van der Waals surface area contributed by atoms with Crippen LogP contribution in [0.3, 0.4) is 0 Å². The van der Waals surface area contributed by atoms with Gasteiger partial charge in [-0.05, 0) is 6.42 Å². The molecular formula is C13H14F3N7O2S. The number of rotatable bonds is 5. The predicted octanol–water partition coefficient (Wildman–Crippen LogP) is 0.907. The second kappa shape index (κ2) is 6.97. The molecule has 2 aromatic rings. The summed E-state index contributed by atoms with van der Waals surface area (Å²) in [5.74, 6) is -2.74. The van der Waals surface area contributed by atoms with Crippen LogP contribution < -0.4 is 10.2 Å². The number of nitrogens with zero attached hydrogens (tertiary/aromatic N) is 5. The molecule has 1 atom stereocenters. The molecule has 0 spiro atoms. The summed E-state index contributed by atoms with van der Waals surface area (Å²) in [4.78, 5) is 29.0. The number of hydrogen-bond acceptors (Lipinski definition) is 7. The highest BCUT2D eigenvalue weighted by molar-refractivity contribution is 7.15. The van der Waals surface area contributed by atoms with Crippen LogP contribution in [0.2, 0.25) is 0 Å². The minimum Gasteiger partial charge on any atom is -0.349 e. The fraction of sp³-hybridized carbons (Fsp3) is 0.538. The van der Waals surface area contributed by atoms with Gasteiger partial charge in [0.15, 0.2) is 0 Å². The molecule has 1 saturated heterocycles. The summed E-state index contributed by atoms with van der Waals surface area (Å²) in [5, 5.41) is 16.7. The Morgan fingerprint density at radius 1 is 1.42 bits per heavy atom. The molecule has 2 amide bonds. The summed E-state index contributed by atoms with van der Waals surface area (Å²) in [7, 11) is 0. The molecule has 26 heavy (non-hydrogen) atoms. The van der Waals surface area contributed by atoms with Gasteiger partial charge >= 0.3 is 6.18 Å². The maximum atomic E-state index is 12.4. The maximum Gasteiger partial charge on any atom is 0.453 e. The number of carbonyl (C=O) groups excluding carboxylic acids is 2. The lowest BCUT2D eigenvalue weighted by Gasteiger charge is -2.12. The van der Waals surface area contributed by atoms with Crippen LogP contribution in [0, 0.1) is 5.92 Å². The van der Waals surface area contributed by atoms with Gasteiger partial charge in [-0.3, -0.25) is 19.6 Å². The third kappa shape index (κ3) is 3.81. The number of nitrogens with one attached hydrogen (secondary N) is 2. The van der Waals surface area contributed by atoms with Gasteiger partial charge in [-0.15, -0.1) is 15.3 Å². The van der Waals surface area contributed by atoms with Gasteiger partial charge in [0.25, 0.3) is 5.82 Å². The summed E-state index contributed by atoms with van der Waals surface area (Å²) >= 11 is 1.28. The zero-order chi connectivity index (χ0) is 18.9. The van der Waals surface area contributed by atoms with Crippen LogP contribution in [0.15, 0.2) is 0 Å². The number of aromatic nitrogens is 5. The van der Waals surface area contributed by atoms with Crippen molar-refractivity contribution in [3.05, 3.63) is 16.7 Å². The molecule has 9 nitrogen and oxygen atoms in total. The van der Waals surface area contributed by atoms with Crippen LogP contribution in [0.25, 0.3) is 0 Å². The van der Waals surface area contributed by atoms with E-state index in [1.807, 2.05) is 6.92 Å². The summed E-state index contributed by atoms with van der Waals surface area (Å²) in [6.45, 7) is 1.82. The van der Waals surface area contributed by atoms with Crippen LogP contribution in [0.1, 0.15) is 30.0 Å². The SMILES string of the molecule is CCc1nnc(N2CC(C(=O)NCc3nc(C(F)(F)F)n[nH]3)CC2=O)s1. The Bertz CT molecular complexity index is 819. The molecule has 2 N–H and O–H groups in total. The molecule has 0 bridgehead atoms. The van der Waals surface area contributed by atoms with Crippen molar-refractivity contribution in [3.8, 4) is 0 Å². The molecule has 1 unspecified atom stereocenters. The van der Waals surface area contributed by atoms with Crippen molar-refractivity contribution in [2.75, 3.05) is 11.4 Å². The molecule has 3 heterocycles. The quantitative estimate of drug-likeness (QED) is 0.785. The molecule has 1 aliphatic heterocycles. The first kappa shape index (κ1) is 18.2. The number of aryl methyl sites for hydroxylation is 1. The first-order chi connectivity index (χ1) is 12.3. The van der Waals surface area contributed by atoms with Crippen LogP contribution in [-0.2, 0) is 28.7 Å². The van der Waals surface area contributed by atoms with Gasteiger partial charge in [-0.2, -0.15) is 13.2 Å². The Hall–Kier alpha value is -2.57. The number of hydrogen-bond donors (Lipinski definition) is 2. The fourth-order valence-electron chi connectivity index (χ4n) is 2.38. The van der Waals surface area contributed by atoms with E-state index in [9.17, 15) is 22.8 Å². The topological polar surface area (TPSA) is 117 Å². The number of anilines is 1. The average Bonchev–Trinajstić information content (AvgIpc) is 3.30. The lowest BCUT2D eigenvalue weighted by molar-refractivity contribution is -0.144. The zero-order valence-corrected chi connectivity index (χ0v) is 14.3. The Labute approximate surface area is 149 Å². The minimum atomic E-state index is -4.66. The van der Waals surface area contributed by atoms with Gasteiger partial charge in [0.2, 0.25) is 16.9 Å². The minimum absolute atomic E-state index is 0.00290. The Kier molecular flexibility index (Phi) is 4.89. The van der Waals surface area contributed by atoms with Crippen molar-refractivity contribution in [3.63, 3.8) is 0 Å². The van der Waals surface area contributed by atoms with Gasteiger partial charge in [0, 0.05) is 13.0 Å². The van der Waals surface area contributed by atoms with Crippen molar-refractivity contribution in [2.45, 2.75) is 32.5 Å². The molecule has 0 aromatic carbocycles. The van der Waals surface area contributed by atoms with E-state index in [4.69, 9.17) is 0 Å². The molecule has 140 valence electrons. The summed E-state index contributed by atoms with van der Waals surface area (Å²) < 4.78 is 37.3. The van der Waals surface area contributed by atoms with E-state index in [2.05, 4.69) is 30.7 Å². The van der Waals surface area contributed by atoms with E-state index < -0.39 is 23.8 Å². The largest absolute Gasteiger partial charge is 0.453 e. The number of aromatic amines is 1. The highest BCUT2D eigenvalue weighted by Crippen LogP contribution is 2.28. The molecule has 0 radical (unpaired) electrons. The van der Waals surface area contributed by atoms with Gasteiger partial charge in [0.1, 0.15) is 10.8 Å². The van der Waals surface area contributed by atoms with Crippen molar-refractivity contribution in [1.29, 1.82) is 0 Å². The summed E-state index contributed by atoms with van der Waals surface area (Å²) in [6.07, 6.45) is -3.96. The second-order valence-corrected chi connectivity index (χ2v) is 6.60. The third-order valence-electron chi connectivity index (χ3n) is 3.70. The molecule has 3 rings (SSSR count). The molecule has 2 aromatic heterocycles. The van der Waals surface area contributed by atoms with Crippen molar-refractivity contribution in [1.82, 2.24) is 30.7 Å². The van der Waals surface area contributed by atoms with Crippen LogP contribution >= 0.6 is 11.3 Å². The number of halogens is 3. The normalized spacial score (nSPS) is 17.8. The Balaban J connectivity index is 1.57. The Morgan fingerprint density at radius 2 is 2.19 bits per heavy atom. The molecule has 1 fully saturated rings. The number of amides is 2. The highest BCUT2D eigenvalue weighted by atomic mass is 32.1. The maximum absolute atomic E-state index is 12.4. The highest BCUT2D eigenvalue weighted by Gasteiger charge is 2.38. The van der Waals surface area contributed by atoms with Gasteiger partial charge < -0.3 is 5.32 Å². The first-order valence-corrected chi connectivity index (χ1v) is 8.48. The van der Waals surface area contributed by atoms with Gasteiger partial charge in [0.05, 0.1) is 12.5 Å². The van der Waals surface area contributed by atoms with E-state index in [-0.39, 0.29) is 31.2 Å². The van der Waals surface area contributed by atoms with Crippen molar-refractivity contribution >= 4 is 28.3 Å². The van der Waals surface area contributed by atoms with E-state index in [1.165, 1.54) is 16.2 Å². The number of H-pyrrole nitrogens is 1. The fourth-order valence-corrected chi connectivity index (χ4v) is 3.19. The smallest absolute Gasteiger partial charge is 0.349 e. The molecule has 0 saturated carbocycles. The third-order valence-corrected chi connectivity index (χ3v) is 4.79. The molecule has 0 aliphatic carbocycles. The van der Waals surface area contributed by atoms with Gasteiger partial charge in [-0.25, -0.2) is 4.98 Å². The van der Waals surface area contributed by atoms with E-state index >= 15 is 0 Å².